The smallest absolute Gasteiger partial charge is 0.243 e. The van der Waals surface area contributed by atoms with E-state index in [1.165, 1.54) is 4.31 Å². The van der Waals surface area contributed by atoms with Gasteiger partial charge < -0.3 is 0 Å². The molecule has 118 valence electrons. The van der Waals surface area contributed by atoms with Crippen LogP contribution in [0.1, 0.15) is 12.5 Å². The minimum Gasteiger partial charge on any atom is -0.265 e. The topological polar surface area (TPSA) is 50.3 Å². The van der Waals surface area contributed by atoms with E-state index in [-0.39, 0.29) is 0 Å². The summed E-state index contributed by atoms with van der Waals surface area (Å²) < 4.78 is 27.7. The third kappa shape index (κ3) is 3.11. The van der Waals surface area contributed by atoms with Crippen LogP contribution in [-0.2, 0) is 16.6 Å². The maximum Gasteiger partial charge on any atom is 0.243 e. The predicted molar refractivity (Wildman–Crippen MR) is 91.5 cm³/mol. The lowest BCUT2D eigenvalue weighted by atomic mass is 10.1. The first kappa shape index (κ1) is 15.6. The Morgan fingerprint density at radius 3 is 2.39 bits per heavy atom. The van der Waals surface area contributed by atoms with Crippen LogP contribution >= 0.6 is 0 Å². The van der Waals surface area contributed by atoms with Crippen molar-refractivity contribution >= 4 is 20.8 Å². The molecule has 3 aromatic rings. The maximum absolute atomic E-state index is 13.1. The summed E-state index contributed by atoms with van der Waals surface area (Å²) >= 11 is 0. The largest absolute Gasteiger partial charge is 0.265 e. The number of sulfonamides is 1. The molecule has 3 rings (SSSR count). The van der Waals surface area contributed by atoms with E-state index in [4.69, 9.17) is 0 Å². The second-order valence-corrected chi connectivity index (χ2v) is 7.17. The molecule has 1 aromatic heterocycles. The van der Waals surface area contributed by atoms with Gasteiger partial charge in [0.25, 0.3) is 0 Å². The molecule has 0 aliphatic carbocycles. The SMILES string of the molecule is CCN(Cc1ccncc1)S(=O)(=O)c1cccc2ccccc12. The number of aromatic nitrogens is 1. The number of hydrogen-bond donors (Lipinski definition) is 0. The Hall–Kier alpha value is -2.24. The molecule has 0 aliphatic heterocycles. The average molecular weight is 326 g/mol. The molecule has 1 heterocycles. The van der Waals surface area contributed by atoms with Crippen LogP contribution in [-0.4, -0.2) is 24.3 Å². The first-order chi connectivity index (χ1) is 11.1. The Bertz CT molecular complexity index is 903. The Morgan fingerprint density at radius 1 is 0.957 bits per heavy atom. The van der Waals surface area contributed by atoms with Gasteiger partial charge in [-0.2, -0.15) is 4.31 Å². The first-order valence-corrected chi connectivity index (χ1v) is 8.93. The fourth-order valence-electron chi connectivity index (χ4n) is 2.62. The van der Waals surface area contributed by atoms with E-state index in [0.717, 1.165) is 16.3 Å². The van der Waals surface area contributed by atoms with Gasteiger partial charge in [-0.1, -0.05) is 43.3 Å². The third-order valence-electron chi connectivity index (χ3n) is 3.83. The summed E-state index contributed by atoms with van der Waals surface area (Å²) in [5.74, 6) is 0. The fourth-order valence-corrected chi connectivity index (χ4v) is 4.27. The number of pyridine rings is 1. The van der Waals surface area contributed by atoms with E-state index in [0.29, 0.717) is 18.0 Å². The van der Waals surface area contributed by atoms with Crippen molar-refractivity contribution < 1.29 is 8.42 Å². The van der Waals surface area contributed by atoms with Gasteiger partial charge in [0.1, 0.15) is 0 Å². The van der Waals surface area contributed by atoms with Gasteiger partial charge in [-0.25, -0.2) is 8.42 Å². The summed E-state index contributed by atoms with van der Waals surface area (Å²) in [6.07, 6.45) is 3.35. The van der Waals surface area contributed by atoms with Crippen LogP contribution in [0.2, 0.25) is 0 Å². The van der Waals surface area contributed by atoms with Gasteiger partial charge in [0.2, 0.25) is 10.0 Å². The molecule has 0 radical (unpaired) electrons. The number of fused-ring (bicyclic) bond motifs is 1. The van der Waals surface area contributed by atoms with Gasteiger partial charge in [0.15, 0.2) is 0 Å². The molecule has 0 amide bonds. The van der Waals surface area contributed by atoms with Crippen molar-refractivity contribution in [3.05, 3.63) is 72.6 Å². The molecule has 23 heavy (non-hydrogen) atoms. The molecular weight excluding hydrogens is 308 g/mol. The molecule has 0 saturated heterocycles. The normalized spacial score (nSPS) is 11.9. The van der Waals surface area contributed by atoms with Crippen LogP contribution in [0, 0.1) is 0 Å². The number of benzene rings is 2. The van der Waals surface area contributed by atoms with Gasteiger partial charge in [-0.15, -0.1) is 0 Å². The third-order valence-corrected chi connectivity index (χ3v) is 5.81. The summed E-state index contributed by atoms with van der Waals surface area (Å²) in [5, 5.41) is 1.68. The Kier molecular flexibility index (Phi) is 4.41. The van der Waals surface area contributed by atoms with Gasteiger partial charge in [-0.05, 0) is 29.1 Å². The maximum atomic E-state index is 13.1. The molecule has 0 saturated carbocycles. The fraction of sp³-hybridized carbons (Fsp3) is 0.167. The standard InChI is InChI=1S/C18H18N2O2S/c1-2-20(14-15-10-12-19-13-11-15)23(21,22)18-9-5-7-16-6-3-4-8-17(16)18/h3-13H,2,14H2,1H3. The summed E-state index contributed by atoms with van der Waals surface area (Å²) in [5.41, 5.74) is 0.922. The Labute approximate surface area is 136 Å². The molecule has 0 N–H and O–H groups in total. The zero-order valence-electron chi connectivity index (χ0n) is 12.9. The lowest BCUT2D eigenvalue weighted by molar-refractivity contribution is 0.424. The molecular formula is C18H18N2O2S. The van der Waals surface area contributed by atoms with E-state index >= 15 is 0 Å². The van der Waals surface area contributed by atoms with Crippen LogP contribution in [0.15, 0.2) is 71.9 Å². The van der Waals surface area contributed by atoms with Crippen molar-refractivity contribution in [1.29, 1.82) is 0 Å². The van der Waals surface area contributed by atoms with Crippen molar-refractivity contribution in [1.82, 2.24) is 9.29 Å². The molecule has 2 aromatic carbocycles. The highest BCUT2D eigenvalue weighted by molar-refractivity contribution is 7.89. The van der Waals surface area contributed by atoms with Gasteiger partial charge >= 0.3 is 0 Å². The van der Waals surface area contributed by atoms with Crippen LogP contribution in [0.4, 0.5) is 0 Å². The number of nitrogens with zero attached hydrogens (tertiary/aromatic N) is 2. The second-order valence-electron chi connectivity index (χ2n) is 5.26. The molecule has 0 spiro atoms. The van der Waals surface area contributed by atoms with Gasteiger partial charge in [-0.3, -0.25) is 4.98 Å². The lowest BCUT2D eigenvalue weighted by Gasteiger charge is -2.21. The predicted octanol–water partition coefficient (Wildman–Crippen LogP) is 3.45. The highest BCUT2D eigenvalue weighted by Gasteiger charge is 2.25. The van der Waals surface area contributed by atoms with Crippen LogP contribution in [0.25, 0.3) is 10.8 Å². The number of rotatable bonds is 5. The zero-order chi connectivity index (χ0) is 16.3. The van der Waals surface area contributed by atoms with Crippen LogP contribution in [0.3, 0.4) is 0 Å². The van der Waals surface area contributed by atoms with E-state index in [1.807, 2.05) is 49.4 Å². The van der Waals surface area contributed by atoms with Crippen molar-refractivity contribution in [2.75, 3.05) is 6.54 Å². The van der Waals surface area contributed by atoms with Crippen LogP contribution in [0.5, 0.6) is 0 Å². The van der Waals surface area contributed by atoms with Crippen molar-refractivity contribution in [3.8, 4) is 0 Å². The van der Waals surface area contributed by atoms with Crippen molar-refractivity contribution in [3.63, 3.8) is 0 Å². The van der Waals surface area contributed by atoms with Crippen molar-refractivity contribution in [2.45, 2.75) is 18.4 Å². The lowest BCUT2D eigenvalue weighted by Crippen LogP contribution is -2.30. The molecule has 0 atom stereocenters. The van der Waals surface area contributed by atoms with Gasteiger partial charge in [0.05, 0.1) is 4.90 Å². The molecule has 4 nitrogen and oxygen atoms in total. The summed E-state index contributed by atoms with van der Waals surface area (Å²) in [4.78, 5) is 4.33. The van der Waals surface area contributed by atoms with Crippen LogP contribution < -0.4 is 0 Å². The molecule has 5 heteroatoms. The Balaban J connectivity index is 2.04. The first-order valence-electron chi connectivity index (χ1n) is 7.49. The van der Waals surface area contributed by atoms with E-state index in [2.05, 4.69) is 4.98 Å². The summed E-state index contributed by atoms with van der Waals surface area (Å²) in [6, 6.07) is 16.6. The molecule has 0 bridgehead atoms. The monoisotopic (exact) mass is 326 g/mol. The number of hydrogen-bond acceptors (Lipinski definition) is 3. The second kappa shape index (κ2) is 6.48. The van der Waals surface area contributed by atoms with E-state index in [1.54, 1.807) is 24.5 Å². The average Bonchev–Trinajstić information content (AvgIpc) is 2.60. The van der Waals surface area contributed by atoms with Crippen molar-refractivity contribution in [2.24, 2.45) is 0 Å². The van der Waals surface area contributed by atoms with E-state index in [9.17, 15) is 8.42 Å². The molecule has 0 fully saturated rings. The van der Waals surface area contributed by atoms with E-state index < -0.39 is 10.0 Å². The minimum absolute atomic E-state index is 0.338. The van der Waals surface area contributed by atoms with Gasteiger partial charge in [0, 0.05) is 30.9 Å². The zero-order valence-corrected chi connectivity index (χ0v) is 13.7. The summed E-state index contributed by atoms with van der Waals surface area (Å²) in [6.45, 7) is 2.60. The molecule has 0 aliphatic rings. The highest BCUT2D eigenvalue weighted by Crippen LogP contribution is 2.26. The minimum atomic E-state index is -3.56. The quantitative estimate of drug-likeness (QED) is 0.721. The highest BCUT2D eigenvalue weighted by atomic mass is 32.2. The molecule has 0 unspecified atom stereocenters. The summed E-state index contributed by atoms with van der Waals surface area (Å²) in [7, 11) is -3.56. The Morgan fingerprint density at radius 2 is 1.65 bits per heavy atom.